The van der Waals surface area contributed by atoms with E-state index < -0.39 is 0 Å². The molecule has 0 fully saturated rings. The van der Waals surface area contributed by atoms with Gasteiger partial charge < -0.3 is 10.6 Å². The Bertz CT molecular complexity index is 614. The molecule has 0 aliphatic carbocycles. The van der Waals surface area contributed by atoms with Gasteiger partial charge in [0.25, 0.3) is 0 Å². The van der Waals surface area contributed by atoms with Crippen molar-refractivity contribution in [1.82, 2.24) is 20.4 Å². The summed E-state index contributed by atoms with van der Waals surface area (Å²) in [6, 6.07) is 9.87. The lowest BCUT2D eigenvalue weighted by Gasteiger charge is -2.24. The Balaban J connectivity index is 0.00000264. The van der Waals surface area contributed by atoms with Gasteiger partial charge >= 0.3 is 0 Å². The lowest BCUT2D eigenvalue weighted by atomic mass is 9.94. The number of halogens is 1. The number of aromatic nitrogens is 2. The van der Waals surface area contributed by atoms with E-state index in [0.717, 1.165) is 5.56 Å². The van der Waals surface area contributed by atoms with Crippen molar-refractivity contribution in [2.24, 2.45) is 7.05 Å². The average molecular weight is 337 g/mol. The lowest BCUT2D eigenvalue weighted by molar-refractivity contribution is -0.123. The highest BCUT2D eigenvalue weighted by atomic mass is 35.5. The molecule has 0 radical (unpaired) electrons. The Morgan fingerprint density at radius 1 is 1.17 bits per heavy atom. The predicted molar refractivity (Wildman–Crippen MR) is 94.7 cm³/mol. The number of rotatable bonds is 6. The number of nitrogens with one attached hydrogen (secondary N) is 2. The van der Waals surface area contributed by atoms with Gasteiger partial charge in [-0.05, 0) is 19.5 Å². The summed E-state index contributed by atoms with van der Waals surface area (Å²) < 4.78 is 1.70. The van der Waals surface area contributed by atoms with Gasteiger partial charge in [-0.2, -0.15) is 5.10 Å². The number of hydrogen-bond donors (Lipinski definition) is 2. The normalized spacial score (nSPS) is 14.4. The van der Waals surface area contributed by atoms with Crippen LogP contribution in [0.4, 0.5) is 0 Å². The Kier molecular flexibility index (Phi) is 7.26. The molecule has 5 nitrogen and oxygen atoms in total. The van der Waals surface area contributed by atoms with Crippen molar-refractivity contribution in [1.29, 1.82) is 0 Å². The Labute approximate surface area is 143 Å². The van der Waals surface area contributed by atoms with Crippen LogP contribution in [0.2, 0.25) is 0 Å². The van der Waals surface area contributed by atoms with Crippen LogP contribution in [0, 0.1) is 0 Å². The molecule has 2 aromatic rings. The van der Waals surface area contributed by atoms with Gasteiger partial charge in [0.2, 0.25) is 5.91 Å². The van der Waals surface area contributed by atoms with Crippen LogP contribution in [-0.2, 0) is 11.8 Å². The monoisotopic (exact) mass is 336 g/mol. The van der Waals surface area contributed by atoms with Crippen molar-refractivity contribution < 1.29 is 4.79 Å². The van der Waals surface area contributed by atoms with Crippen molar-refractivity contribution in [3.63, 3.8) is 0 Å². The van der Waals surface area contributed by atoms with Crippen molar-refractivity contribution in [3.05, 3.63) is 53.9 Å². The summed E-state index contributed by atoms with van der Waals surface area (Å²) in [5.74, 6) is 0.210. The molecule has 126 valence electrons. The summed E-state index contributed by atoms with van der Waals surface area (Å²) in [5, 5.41) is 10.3. The first-order valence-electron chi connectivity index (χ1n) is 7.54. The minimum atomic E-state index is -0.390. The third-order valence-corrected chi connectivity index (χ3v) is 4.05. The highest BCUT2D eigenvalue weighted by Crippen LogP contribution is 2.19. The highest BCUT2D eigenvalue weighted by Gasteiger charge is 2.23. The van der Waals surface area contributed by atoms with Crippen LogP contribution < -0.4 is 10.6 Å². The van der Waals surface area contributed by atoms with Gasteiger partial charge in [-0.25, -0.2) is 0 Å². The van der Waals surface area contributed by atoms with E-state index in [-0.39, 0.29) is 36.3 Å². The van der Waals surface area contributed by atoms with Crippen LogP contribution in [0.1, 0.15) is 36.9 Å². The van der Waals surface area contributed by atoms with Crippen LogP contribution >= 0.6 is 12.4 Å². The predicted octanol–water partition coefficient (Wildman–Crippen LogP) is 2.41. The molecule has 0 saturated heterocycles. The zero-order valence-electron chi connectivity index (χ0n) is 14.0. The van der Waals surface area contributed by atoms with E-state index in [2.05, 4.69) is 34.8 Å². The van der Waals surface area contributed by atoms with Gasteiger partial charge in [-0.3, -0.25) is 9.48 Å². The van der Waals surface area contributed by atoms with Gasteiger partial charge in [-0.1, -0.05) is 37.3 Å². The van der Waals surface area contributed by atoms with Gasteiger partial charge in [-0.15, -0.1) is 12.4 Å². The zero-order chi connectivity index (χ0) is 16.1. The molecule has 2 rings (SSSR count). The third-order valence-electron chi connectivity index (χ3n) is 4.05. The molecule has 1 aromatic carbocycles. The molecule has 0 spiro atoms. The highest BCUT2D eigenvalue weighted by molar-refractivity contribution is 5.85. The molecule has 0 aliphatic rings. The summed E-state index contributed by atoms with van der Waals surface area (Å²) in [4.78, 5) is 12.5. The largest absolute Gasteiger partial charge is 0.351 e. The topological polar surface area (TPSA) is 59.0 Å². The molecule has 1 heterocycles. The van der Waals surface area contributed by atoms with Crippen molar-refractivity contribution in [2.45, 2.75) is 31.8 Å². The minimum Gasteiger partial charge on any atom is -0.351 e. The lowest BCUT2D eigenvalue weighted by Crippen LogP contribution is -2.42. The number of likely N-dealkylation sites (N-methyl/N-ethyl adjacent to an activating group) is 1. The zero-order valence-corrected chi connectivity index (χ0v) is 14.8. The molecule has 3 atom stereocenters. The first-order chi connectivity index (χ1) is 10.5. The van der Waals surface area contributed by atoms with E-state index in [0.29, 0.717) is 0 Å². The maximum atomic E-state index is 12.5. The summed E-state index contributed by atoms with van der Waals surface area (Å²) in [5.41, 5.74) is 2.08. The number of hydrogen-bond acceptors (Lipinski definition) is 3. The van der Waals surface area contributed by atoms with Gasteiger partial charge in [0.05, 0.1) is 6.20 Å². The van der Waals surface area contributed by atoms with Crippen LogP contribution in [0.25, 0.3) is 0 Å². The van der Waals surface area contributed by atoms with Crippen molar-refractivity contribution in [3.8, 4) is 0 Å². The van der Waals surface area contributed by atoms with Crippen LogP contribution in [0.3, 0.4) is 0 Å². The van der Waals surface area contributed by atoms with Crippen LogP contribution in [0.5, 0.6) is 0 Å². The standard InChI is InChI=1S/C17H24N4O.ClH/c1-12(14-8-6-5-7-9-14)13(2)20-17(22)16(18-3)15-10-19-21(4)11-15;/h5-13,16,18H,1-4H3,(H,20,22);1H. The molecule has 1 amide bonds. The SMILES string of the molecule is CNC(C(=O)NC(C)C(C)c1ccccc1)c1cnn(C)c1.Cl. The van der Waals surface area contributed by atoms with E-state index in [1.54, 1.807) is 17.9 Å². The second-order valence-corrected chi connectivity index (χ2v) is 5.67. The van der Waals surface area contributed by atoms with Gasteiger partial charge in [0, 0.05) is 30.8 Å². The molecule has 0 saturated carbocycles. The number of amides is 1. The second-order valence-electron chi connectivity index (χ2n) is 5.67. The maximum absolute atomic E-state index is 12.5. The molecular formula is C17H25ClN4O. The number of carbonyl (C=O) groups is 1. The Morgan fingerprint density at radius 3 is 2.35 bits per heavy atom. The summed E-state index contributed by atoms with van der Waals surface area (Å²) in [6.45, 7) is 4.16. The number of aryl methyl sites for hydroxylation is 1. The number of nitrogens with zero attached hydrogens (tertiary/aromatic N) is 2. The molecule has 1 aromatic heterocycles. The van der Waals surface area contributed by atoms with E-state index >= 15 is 0 Å². The maximum Gasteiger partial charge on any atom is 0.242 e. The second kappa shape index (κ2) is 8.70. The molecule has 0 bridgehead atoms. The Morgan fingerprint density at radius 2 is 1.83 bits per heavy atom. The molecule has 23 heavy (non-hydrogen) atoms. The molecule has 6 heteroatoms. The van der Waals surface area contributed by atoms with Gasteiger partial charge in [0.1, 0.15) is 6.04 Å². The molecular weight excluding hydrogens is 312 g/mol. The van der Waals surface area contributed by atoms with E-state index in [1.165, 1.54) is 5.56 Å². The minimum absolute atomic E-state index is 0. The number of benzene rings is 1. The molecule has 0 aliphatic heterocycles. The third kappa shape index (κ3) is 4.81. The van der Waals surface area contributed by atoms with E-state index in [4.69, 9.17) is 0 Å². The van der Waals surface area contributed by atoms with Crippen LogP contribution in [0.15, 0.2) is 42.7 Å². The van der Waals surface area contributed by atoms with E-state index in [1.807, 2.05) is 38.4 Å². The van der Waals surface area contributed by atoms with E-state index in [9.17, 15) is 4.79 Å². The van der Waals surface area contributed by atoms with Crippen LogP contribution in [-0.4, -0.2) is 28.8 Å². The van der Waals surface area contributed by atoms with Crippen molar-refractivity contribution >= 4 is 18.3 Å². The fraction of sp³-hybridized carbons (Fsp3) is 0.412. The summed E-state index contributed by atoms with van der Waals surface area (Å²) in [7, 11) is 3.62. The fourth-order valence-corrected chi connectivity index (χ4v) is 2.52. The first kappa shape index (κ1) is 19.2. The number of carbonyl (C=O) groups excluding carboxylic acids is 1. The van der Waals surface area contributed by atoms with Crippen molar-refractivity contribution in [2.75, 3.05) is 7.05 Å². The van der Waals surface area contributed by atoms with Gasteiger partial charge in [0.15, 0.2) is 0 Å². The Hall–Kier alpha value is -1.85. The molecule has 3 unspecified atom stereocenters. The molecule has 2 N–H and O–H groups in total. The summed E-state index contributed by atoms with van der Waals surface area (Å²) in [6.07, 6.45) is 3.57. The first-order valence-corrected chi connectivity index (χ1v) is 7.54. The smallest absolute Gasteiger partial charge is 0.242 e. The fourth-order valence-electron chi connectivity index (χ4n) is 2.52. The average Bonchev–Trinajstić information content (AvgIpc) is 2.94. The quantitative estimate of drug-likeness (QED) is 0.851. The summed E-state index contributed by atoms with van der Waals surface area (Å²) >= 11 is 0.